The minimum absolute atomic E-state index is 0. The summed E-state index contributed by atoms with van der Waals surface area (Å²) in [6.07, 6.45) is 1.87. The zero-order chi connectivity index (χ0) is 17.4. The highest BCUT2D eigenvalue weighted by Crippen LogP contribution is 2.30. The molecule has 0 unspecified atom stereocenters. The average Bonchev–Trinajstić information content (AvgIpc) is 3.00. The number of ether oxygens (including phenoxy) is 2. The molecule has 0 saturated carbocycles. The molecule has 1 aromatic heterocycles. The van der Waals surface area contributed by atoms with Crippen molar-refractivity contribution in [2.75, 3.05) is 25.6 Å². The Balaban J connectivity index is 0.00000312. The molecule has 2 aromatic rings. The molecule has 0 bridgehead atoms. The average molecular weight is 476 g/mol. The molecule has 2 rings (SSSR count). The van der Waals surface area contributed by atoms with E-state index in [1.54, 1.807) is 18.4 Å². The first-order valence-corrected chi connectivity index (χ1v) is 8.75. The molecular formula is C17H25IN4O2S. The third-order valence-corrected chi connectivity index (χ3v) is 4.03. The highest BCUT2D eigenvalue weighted by atomic mass is 127. The van der Waals surface area contributed by atoms with Gasteiger partial charge in [0.05, 0.1) is 25.3 Å². The second-order valence-corrected chi connectivity index (χ2v) is 6.28. The lowest BCUT2D eigenvalue weighted by Gasteiger charge is -2.14. The van der Waals surface area contributed by atoms with Crippen LogP contribution in [-0.2, 0) is 6.54 Å². The summed E-state index contributed by atoms with van der Waals surface area (Å²) in [7, 11) is 1.63. The van der Waals surface area contributed by atoms with E-state index in [0.29, 0.717) is 18.9 Å². The van der Waals surface area contributed by atoms with Gasteiger partial charge in [-0.2, -0.15) is 0 Å². The molecule has 1 aromatic carbocycles. The molecule has 0 fully saturated rings. The van der Waals surface area contributed by atoms with E-state index in [4.69, 9.17) is 9.47 Å². The number of aryl methyl sites for hydroxylation is 1. The molecule has 0 radical (unpaired) electrons. The predicted molar refractivity (Wildman–Crippen MR) is 115 cm³/mol. The number of anilines is 1. The van der Waals surface area contributed by atoms with E-state index in [0.717, 1.165) is 33.8 Å². The summed E-state index contributed by atoms with van der Waals surface area (Å²) in [6.45, 7) is 7.95. The van der Waals surface area contributed by atoms with E-state index in [2.05, 4.69) is 20.6 Å². The van der Waals surface area contributed by atoms with Crippen molar-refractivity contribution in [2.24, 2.45) is 4.99 Å². The lowest BCUT2D eigenvalue weighted by Crippen LogP contribution is -2.30. The maximum Gasteiger partial charge on any atom is 0.196 e. The number of nitrogens with zero attached hydrogens (tertiary/aromatic N) is 2. The molecule has 0 atom stereocenters. The fraction of sp³-hybridized carbons (Fsp3) is 0.412. The van der Waals surface area contributed by atoms with Crippen molar-refractivity contribution >= 4 is 47.0 Å². The fourth-order valence-corrected chi connectivity index (χ4v) is 2.82. The number of halogens is 1. The second-order valence-electron chi connectivity index (χ2n) is 4.96. The third-order valence-electron chi connectivity index (χ3n) is 3.13. The molecule has 0 aliphatic carbocycles. The maximum absolute atomic E-state index is 5.54. The van der Waals surface area contributed by atoms with Crippen LogP contribution in [0, 0.1) is 6.92 Å². The Morgan fingerprint density at radius 1 is 1.28 bits per heavy atom. The Hall–Kier alpha value is -1.55. The minimum atomic E-state index is 0. The van der Waals surface area contributed by atoms with Crippen molar-refractivity contribution in [3.63, 3.8) is 0 Å². The molecule has 1 heterocycles. The summed E-state index contributed by atoms with van der Waals surface area (Å²) in [5, 5.41) is 7.58. The van der Waals surface area contributed by atoms with E-state index >= 15 is 0 Å². The number of nitrogens with one attached hydrogen (secondary N) is 2. The SMILES string of the molecule is CCNC(=NCc1cnc(C)s1)Nc1ccc(OCC)c(OC)c1.I. The van der Waals surface area contributed by atoms with E-state index in [-0.39, 0.29) is 24.0 Å². The number of hydrogen-bond acceptors (Lipinski definition) is 5. The zero-order valence-corrected chi connectivity index (χ0v) is 18.1. The van der Waals surface area contributed by atoms with Gasteiger partial charge in [0.1, 0.15) is 0 Å². The van der Waals surface area contributed by atoms with Gasteiger partial charge < -0.3 is 20.1 Å². The number of rotatable bonds is 7. The summed E-state index contributed by atoms with van der Waals surface area (Å²) in [6, 6.07) is 5.73. The first kappa shape index (κ1) is 21.5. The molecule has 138 valence electrons. The van der Waals surface area contributed by atoms with Crippen LogP contribution in [0.4, 0.5) is 5.69 Å². The molecular weight excluding hydrogens is 451 g/mol. The van der Waals surface area contributed by atoms with Gasteiger partial charge in [0, 0.05) is 29.4 Å². The Kier molecular flexibility index (Phi) is 9.58. The van der Waals surface area contributed by atoms with Crippen molar-refractivity contribution in [3.8, 4) is 11.5 Å². The van der Waals surface area contributed by atoms with Crippen molar-refractivity contribution in [1.29, 1.82) is 0 Å². The van der Waals surface area contributed by atoms with Gasteiger partial charge in [0.15, 0.2) is 17.5 Å². The Morgan fingerprint density at radius 3 is 2.68 bits per heavy atom. The van der Waals surface area contributed by atoms with Gasteiger partial charge in [0.2, 0.25) is 0 Å². The number of hydrogen-bond donors (Lipinski definition) is 2. The summed E-state index contributed by atoms with van der Waals surface area (Å²) in [4.78, 5) is 9.99. The number of benzene rings is 1. The second kappa shape index (κ2) is 11.1. The maximum atomic E-state index is 5.54. The summed E-state index contributed by atoms with van der Waals surface area (Å²) < 4.78 is 10.9. The van der Waals surface area contributed by atoms with Crippen molar-refractivity contribution < 1.29 is 9.47 Å². The van der Waals surface area contributed by atoms with Gasteiger partial charge in [-0.1, -0.05) is 0 Å². The molecule has 0 spiro atoms. The molecule has 6 nitrogen and oxygen atoms in total. The monoisotopic (exact) mass is 476 g/mol. The normalized spacial score (nSPS) is 10.8. The van der Waals surface area contributed by atoms with Crippen LogP contribution in [0.1, 0.15) is 23.7 Å². The molecule has 25 heavy (non-hydrogen) atoms. The van der Waals surface area contributed by atoms with Crippen molar-refractivity contribution in [1.82, 2.24) is 10.3 Å². The summed E-state index contributed by atoms with van der Waals surface area (Å²) in [5.74, 6) is 2.14. The van der Waals surface area contributed by atoms with E-state index in [9.17, 15) is 0 Å². The van der Waals surface area contributed by atoms with Gasteiger partial charge >= 0.3 is 0 Å². The van der Waals surface area contributed by atoms with E-state index < -0.39 is 0 Å². The van der Waals surface area contributed by atoms with Crippen molar-refractivity contribution in [2.45, 2.75) is 27.3 Å². The molecule has 0 aliphatic rings. The van der Waals surface area contributed by atoms with Crippen LogP contribution in [0.25, 0.3) is 0 Å². The lowest BCUT2D eigenvalue weighted by molar-refractivity contribution is 0.311. The first-order valence-electron chi connectivity index (χ1n) is 7.93. The number of aromatic nitrogens is 1. The largest absolute Gasteiger partial charge is 0.493 e. The molecule has 2 N–H and O–H groups in total. The highest BCUT2D eigenvalue weighted by molar-refractivity contribution is 14.0. The predicted octanol–water partition coefficient (Wildman–Crippen LogP) is 4.05. The number of thiazole rings is 1. The molecule has 8 heteroatoms. The smallest absolute Gasteiger partial charge is 0.196 e. The topological polar surface area (TPSA) is 67.8 Å². The Morgan fingerprint density at radius 2 is 2.08 bits per heavy atom. The van der Waals surface area contributed by atoms with Gasteiger partial charge in [0.25, 0.3) is 0 Å². The van der Waals surface area contributed by atoms with Crippen LogP contribution in [-0.4, -0.2) is 31.2 Å². The fourth-order valence-electron chi connectivity index (χ4n) is 2.10. The molecule has 0 aliphatic heterocycles. The van der Waals surface area contributed by atoms with Crippen LogP contribution in [0.3, 0.4) is 0 Å². The van der Waals surface area contributed by atoms with Crippen LogP contribution >= 0.6 is 35.3 Å². The molecule has 0 saturated heterocycles. The van der Waals surface area contributed by atoms with Crippen LogP contribution in [0.5, 0.6) is 11.5 Å². The van der Waals surface area contributed by atoms with E-state index in [1.165, 1.54) is 0 Å². The third kappa shape index (κ3) is 6.69. The zero-order valence-electron chi connectivity index (χ0n) is 15.0. The molecule has 0 amide bonds. The van der Waals surface area contributed by atoms with Gasteiger partial charge in [-0.25, -0.2) is 9.98 Å². The van der Waals surface area contributed by atoms with E-state index in [1.807, 2.05) is 45.2 Å². The number of guanidine groups is 1. The standard InChI is InChI=1S/C17H24N4O2S.HI/c1-5-18-17(20-11-14-10-19-12(3)24-14)21-13-7-8-15(23-6-2)16(9-13)22-4;/h7-10H,5-6,11H2,1-4H3,(H2,18,20,21);1H. The first-order chi connectivity index (χ1) is 11.7. The van der Waals surface area contributed by atoms with Crippen LogP contribution in [0.2, 0.25) is 0 Å². The van der Waals surface area contributed by atoms with Gasteiger partial charge in [-0.05, 0) is 32.9 Å². The Labute approximate surface area is 170 Å². The van der Waals surface area contributed by atoms with Crippen LogP contribution < -0.4 is 20.1 Å². The van der Waals surface area contributed by atoms with Gasteiger partial charge in [-0.3, -0.25) is 0 Å². The summed E-state index contributed by atoms with van der Waals surface area (Å²) >= 11 is 1.66. The van der Waals surface area contributed by atoms with Crippen molar-refractivity contribution in [3.05, 3.63) is 34.3 Å². The highest BCUT2D eigenvalue weighted by Gasteiger charge is 2.07. The number of aliphatic imine (C=N–C) groups is 1. The van der Waals surface area contributed by atoms with Crippen LogP contribution in [0.15, 0.2) is 29.4 Å². The van der Waals surface area contributed by atoms with Gasteiger partial charge in [-0.15, -0.1) is 35.3 Å². The lowest BCUT2D eigenvalue weighted by atomic mass is 10.2. The summed E-state index contributed by atoms with van der Waals surface area (Å²) in [5.41, 5.74) is 0.885. The minimum Gasteiger partial charge on any atom is -0.493 e. The number of methoxy groups -OCH3 is 1. The Bertz CT molecular complexity index is 691. The quantitative estimate of drug-likeness (QED) is 0.359.